The molecular formula is C21H21N5O2. The molecule has 0 fully saturated rings. The summed E-state index contributed by atoms with van der Waals surface area (Å²) in [6, 6.07) is 7.96. The van der Waals surface area contributed by atoms with Crippen molar-refractivity contribution >= 4 is 5.65 Å². The molecule has 0 radical (unpaired) electrons. The van der Waals surface area contributed by atoms with E-state index < -0.39 is 0 Å². The van der Waals surface area contributed by atoms with Crippen LogP contribution in [-0.4, -0.2) is 44.9 Å². The van der Waals surface area contributed by atoms with E-state index in [1.165, 1.54) is 0 Å². The Morgan fingerprint density at radius 3 is 2.57 bits per heavy atom. The summed E-state index contributed by atoms with van der Waals surface area (Å²) in [5.74, 6) is 0.609. The highest BCUT2D eigenvalue weighted by atomic mass is 16.5. The number of rotatable bonds is 6. The molecule has 0 aliphatic rings. The molecular weight excluding hydrogens is 354 g/mol. The Hall–Kier alpha value is -3.32. The molecule has 0 aromatic carbocycles. The van der Waals surface area contributed by atoms with Gasteiger partial charge in [0.05, 0.1) is 18.0 Å². The molecule has 4 rings (SSSR count). The van der Waals surface area contributed by atoms with Crippen LogP contribution >= 0.6 is 0 Å². The molecule has 4 aromatic rings. The first kappa shape index (κ1) is 18.1. The lowest BCUT2D eigenvalue weighted by atomic mass is 10.1. The van der Waals surface area contributed by atoms with Crippen molar-refractivity contribution in [1.29, 1.82) is 0 Å². The zero-order chi connectivity index (χ0) is 19.5. The second-order valence-electron chi connectivity index (χ2n) is 6.45. The highest BCUT2D eigenvalue weighted by Gasteiger charge is 2.17. The van der Waals surface area contributed by atoms with Crippen molar-refractivity contribution in [2.24, 2.45) is 0 Å². The standard InChI is InChI=1S/C21H21N5O2/c1-14-12-17(13-23-21(14)28-11-10-27-3)19-15(2)25-20-18(6-9-24-26(19)20)16-4-7-22-8-5-16/h4-9,12-13H,10-11H2,1-3H3. The first-order valence-corrected chi connectivity index (χ1v) is 9.02. The van der Waals surface area contributed by atoms with Gasteiger partial charge in [0.15, 0.2) is 5.65 Å². The Balaban J connectivity index is 1.78. The number of pyridine rings is 2. The van der Waals surface area contributed by atoms with Crippen molar-refractivity contribution < 1.29 is 9.47 Å². The molecule has 4 heterocycles. The second-order valence-corrected chi connectivity index (χ2v) is 6.45. The van der Waals surface area contributed by atoms with Crippen LogP contribution in [0.1, 0.15) is 11.3 Å². The van der Waals surface area contributed by atoms with Gasteiger partial charge in [-0.05, 0) is 43.7 Å². The number of aryl methyl sites for hydroxylation is 2. The largest absolute Gasteiger partial charge is 0.475 e. The number of hydrogen-bond donors (Lipinski definition) is 0. The van der Waals surface area contributed by atoms with Gasteiger partial charge in [-0.25, -0.2) is 14.5 Å². The van der Waals surface area contributed by atoms with Crippen molar-refractivity contribution in [3.05, 3.63) is 60.3 Å². The summed E-state index contributed by atoms with van der Waals surface area (Å²) in [7, 11) is 1.65. The molecule has 0 atom stereocenters. The summed E-state index contributed by atoms with van der Waals surface area (Å²) in [5.41, 5.74) is 6.58. The maximum Gasteiger partial charge on any atom is 0.216 e. The van der Waals surface area contributed by atoms with E-state index in [2.05, 4.69) is 15.1 Å². The van der Waals surface area contributed by atoms with Gasteiger partial charge in [-0.3, -0.25) is 4.98 Å². The van der Waals surface area contributed by atoms with Gasteiger partial charge in [0.2, 0.25) is 5.88 Å². The fourth-order valence-corrected chi connectivity index (χ4v) is 3.21. The summed E-state index contributed by atoms with van der Waals surface area (Å²) < 4.78 is 12.6. The molecule has 28 heavy (non-hydrogen) atoms. The molecule has 0 spiro atoms. The van der Waals surface area contributed by atoms with E-state index >= 15 is 0 Å². The maximum absolute atomic E-state index is 5.66. The minimum atomic E-state index is 0.467. The van der Waals surface area contributed by atoms with Crippen molar-refractivity contribution in [2.75, 3.05) is 20.3 Å². The first-order valence-electron chi connectivity index (χ1n) is 9.02. The highest BCUT2D eigenvalue weighted by Crippen LogP contribution is 2.30. The normalized spacial score (nSPS) is 11.1. The van der Waals surface area contributed by atoms with Crippen LogP contribution in [0.3, 0.4) is 0 Å². The van der Waals surface area contributed by atoms with E-state index in [0.717, 1.165) is 39.3 Å². The summed E-state index contributed by atoms with van der Waals surface area (Å²) in [5, 5.41) is 4.54. The molecule has 0 bridgehead atoms. The van der Waals surface area contributed by atoms with E-state index in [1.807, 2.05) is 42.6 Å². The average molecular weight is 375 g/mol. The number of methoxy groups -OCH3 is 1. The summed E-state index contributed by atoms with van der Waals surface area (Å²) in [4.78, 5) is 13.4. The molecule has 0 aliphatic heterocycles. The van der Waals surface area contributed by atoms with Gasteiger partial charge in [-0.2, -0.15) is 5.10 Å². The number of nitrogens with zero attached hydrogens (tertiary/aromatic N) is 5. The van der Waals surface area contributed by atoms with E-state index in [-0.39, 0.29) is 0 Å². The van der Waals surface area contributed by atoms with Crippen LogP contribution in [0.4, 0.5) is 0 Å². The van der Waals surface area contributed by atoms with Crippen LogP contribution in [0.2, 0.25) is 0 Å². The molecule has 0 amide bonds. The van der Waals surface area contributed by atoms with Crippen molar-refractivity contribution in [3.8, 4) is 28.3 Å². The predicted octanol–water partition coefficient (Wildman–Crippen LogP) is 3.50. The number of hydrogen-bond acceptors (Lipinski definition) is 6. The van der Waals surface area contributed by atoms with Crippen LogP contribution in [-0.2, 0) is 4.74 Å². The van der Waals surface area contributed by atoms with Gasteiger partial charge in [-0.1, -0.05) is 0 Å². The predicted molar refractivity (Wildman–Crippen MR) is 106 cm³/mol. The number of fused-ring (bicyclic) bond motifs is 1. The fourth-order valence-electron chi connectivity index (χ4n) is 3.21. The number of imidazole rings is 1. The maximum atomic E-state index is 5.66. The van der Waals surface area contributed by atoms with Gasteiger partial charge in [0.25, 0.3) is 0 Å². The molecule has 142 valence electrons. The SMILES string of the molecule is COCCOc1ncc(-c2c(C)nc3c(-c4ccncc4)ccnn23)cc1C. The van der Waals surface area contributed by atoms with E-state index in [0.29, 0.717) is 19.1 Å². The van der Waals surface area contributed by atoms with Gasteiger partial charge in [0.1, 0.15) is 6.61 Å². The first-order chi connectivity index (χ1) is 13.7. The molecule has 0 saturated heterocycles. The Morgan fingerprint density at radius 1 is 1.00 bits per heavy atom. The summed E-state index contributed by atoms with van der Waals surface area (Å²) in [6.45, 7) is 4.96. The van der Waals surface area contributed by atoms with Gasteiger partial charge in [-0.15, -0.1) is 0 Å². The monoisotopic (exact) mass is 375 g/mol. The Morgan fingerprint density at radius 2 is 1.82 bits per heavy atom. The third kappa shape index (κ3) is 3.32. The third-order valence-electron chi connectivity index (χ3n) is 4.51. The Labute approximate surface area is 163 Å². The lowest BCUT2D eigenvalue weighted by Crippen LogP contribution is -2.06. The summed E-state index contributed by atoms with van der Waals surface area (Å²) in [6.07, 6.45) is 7.14. The zero-order valence-electron chi connectivity index (χ0n) is 16.1. The minimum Gasteiger partial charge on any atom is -0.475 e. The van der Waals surface area contributed by atoms with Crippen LogP contribution in [0.5, 0.6) is 5.88 Å². The smallest absolute Gasteiger partial charge is 0.216 e. The van der Waals surface area contributed by atoms with Crippen LogP contribution in [0.15, 0.2) is 49.1 Å². The van der Waals surface area contributed by atoms with Crippen LogP contribution < -0.4 is 4.74 Å². The quantitative estimate of drug-likeness (QED) is 0.480. The Kier molecular flexibility index (Phi) is 4.99. The van der Waals surface area contributed by atoms with Gasteiger partial charge in [0, 0.05) is 48.6 Å². The molecule has 0 saturated carbocycles. The molecule has 7 nitrogen and oxygen atoms in total. The zero-order valence-corrected chi connectivity index (χ0v) is 16.1. The molecule has 0 aliphatic carbocycles. The second kappa shape index (κ2) is 7.74. The minimum absolute atomic E-state index is 0.467. The fraction of sp³-hybridized carbons (Fsp3) is 0.238. The summed E-state index contributed by atoms with van der Waals surface area (Å²) >= 11 is 0. The molecule has 7 heteroatoms. The number of aromatic nitrogens is 5. The van der Waals surface area contributed by atoms with Crippen molar-refractivity contribution in [1.82, 2.24) is 24.6 Å². The number of ether oxygens (including phenoxy) is 2. The Bertz CT molecular complexity index is 1110. The van der Waals surface area contributed by atoms with Crippen LogP contribution in [0, 0.1) is 13.8 Å². The lowest BCUT2D eigenvalue weighted by molar-refractivity contribution is 0.143. The third-order valence-corrected chi connectivity index (χ3v) is 4.51. The lowest BCUT2D eigenvalue weighted by Gasteiger charge is -2.10. The van der Waals surface area contributed by atoms with E-state index in [4.69, 9.17) is 14.5 Å². The van der Waals surface area contributed by atoms with E-state index in [9.17, 15) is 0 Å². The topological polar surface area (TPSA) is 74.4 Å². The van der Waals surface area contributed by atoms with E-state index in [1.54, 1.807) is 31.9 Å². The van der Waals surface area contributed by atoms with Gasteiger partial charge < -0.3 is 9.47 Å². The average Bonchev–Trinajstić information content (AvgIpc) is 3.06. The van der Waals surface area contributed by atoms with Crippen LogP contribution in [0.25, 0.3) is 28.0 Å². The van der Waals surface area contributed by atoms with Crippen molar-refractivity contribution in [3.63, 3.8) is 0 Å². The van der Waals surface area contributed by atoms with Gasteiger partial charge >= 0.3 is 0 Å². The molecule has 0 N–H and O–H groups in total. The highest BCUT2D eigenvalue weighted by molar-refractivity contribution is 5.80. The molecule has 0 unspecified atom stereocenters. The molecule has 4 aromatic heterocycles. The van der Waals surface area contributed by atoms with Crippen molar-refractivity contribution in [2.45, 2.75) is 13.8 Å².